The number of hydrogen-bond acceptors (Lipinski definition) is 3. The molecule has 0 atom stereocenters. The molecular weight excluding hydrogens is 597 g/mol. The molecular formula is C46H38N2O. The Kier molecular flexibility index (Phi) is 9.73. The van der Waals surface area contributed by atoms with Crippen LogP contribution in [-0.2, 0) is 18.0 Å². The van der Waals surface area contributed by atoms with Crippen LogP contribution in [0.25, 0.3) is 17.2 Å². The van der Waals surface area contributed by atoms with Gasteiger partial charge in [-0.05, 0) is 101 Å². The quantitative estimate of drug-likeness (QED) is 0.133. The van der Waals surface area contributed by atoms with Gasteiger partial charge in [-0.3, -0.25) is 0 Å². The van der Waals surface area contributed by atoms with Crippen LogP contribution < -0.4 is 9.80 Å². The number of benzene rings is 7. The maximum Gasteiger partial charge on any atom is 0.0721 e. The van der Waals surface area contributed by atoms with Crippen molar-refractivity contribution in [2.45, 2.75) is 13.2 Å². The molecule has 0 bridgehead atoms. The second-order valence-electron chi connectivity index (χ2n) is 11.9. The van der Waals surface area contributed by atoms with Crippen molar-refractivity contribution >= 4 is 40.2 Å². The minimum Gasteiger partial charge on any atom is -0.372 e. The van der Waals surface area contributed by atoms with Crippen LogP contribution in [-0.4, -0.2) is 0 Å². The number of hydrogen-bond donors (Lipinski definition) is 0. The van der Waals surface area contributed by atoms with Crippen molar-refractivity contribution in [1.29, 1.82) is 0 Å². The maximum absolute atomic E-state index is 6.03. The number of para-hydroxylation sites is 3. The third-order valence-corrected chi connectivity index (χ3v) is 8.57. The molecule has 0 unspecified atom stereocenters. The molecule has 0 heterocycles. The lowest BCUT2D eigenvalue weighted by atomic mass is 10.0. The van der Waals surface area contributed by atoms with Gasteiger partial charge in [0.2, 0.25) is 0 Å². The van der Waals surface area contributed by atoms with Gasteiger partial charge >= 0.3 is 0 Å². The van der Waals surface area contributed by atoms with Crippen molar-refractivity contribution in [3.05, 3.63) is 211 Å². The van der Waals surface area contributed by atoms with E-state index in [0.29, 0.717) is 13.2 Å². The Morgan fingerprint density at radius 2 is 0.673 bits per heavy atom. The third-order valence-electron chi connectivity index (χ3n) is 8.57. The number of ether oxygens (including phenoxy) is 1. The zero-order chi connectivity index (χ0) is 33.3. The Labute approximate surface area is 289 Å². The van der Waals surface area contributed by atoms with E-state index in [-0.39, 0.29) is 0 Å². The molecule has 0 saturated heterocycles. The van der Waals surface area contributed by atoms with Crippen molar-refractivity contribution in [1.82, 2.24) is 0 Å². The highest BCUT2D eigenvalue weighted by Gasteiger charge is 2.14. The lowest BCUT2D eigenvalue weighted by Gasteiger charge is -2.26. The second kappa shape index (κ2) is 15.2. The van der Waals surface area contributed by atoms with E-state index in [1.54, 1.807) is 0 Å². The minimum atomic E-state index is 0.552. The summed E-state index contributed by atoms with van der Waals surface area (Å²) in [7, 11) is 0. The van der Waals surface area contributed by atoms with Gasteiger partial charge in [0, 0.05) is 34.1 Å². The Morgan fingerprint density at radius 3 is 1.02 bits per heavy atom. The fraction of sp³-hybridized carbons (Fsp3) is 0.0435. The van der Waals surface area contributed by atoms with Gasteiger partial charge in [-0.25, -0.2) is 0 Å². The molecule has 7 aromatic rings. The molecule has 0 aliphatic rings. The van der Waals surface area contributed by atoms with Gasteiger partial charge in [0.1, 0.15) is 0 Å². The molecule has 0 aliphatic carbocycles. The van der Waals surface area contributed by atoms with E-state index in [1.807, 2.05) is 6.08 Å². The summed E-state index contributed by atoms with van der Waals surface area (Å²) in [5.41, 5.74) is 12.4. The first-order valence-corrected chi connectivity index (χ1v) is 16.6. The Balaban J connectivity index is 1.09. The molecule has 0 saturated carbocycles. The van der Waals surface area contributed by atoms with E-state index >= 15 is 0 Å². The fourth-order valence-electron chi connectivity index (χ4n) is 6.01. The first kappa shape index (κ1) is 31.4. The molecule has 3 nitrogen and oxygen atoms in total. The monoisotopic (exact) mass is 634 g/mol. The Morgan fingerprint density at radius 1 is 0.367 bits per heavy atom. The van der Waals surface area contributed by atoms with Gasteiger partial charge in [0.15, 0.2) is 0 Å². The average Bonchev–Trinajstić information content (AvgIpc) is 3.18. The van der Waals surface area contributed by atoms with Crippen molar-refractivity contribution in [3.8, 4) is 11.1 Å². The third kappa shape index (κ3) is 7.54. The first-order valence-electron chi connectivity index (χ1n) is 16.6. The summed E-state index contributed by atoms with van der Waals surface area (Å²) >= 11 is 0. The lowest BCUT2D eigenvalue weighted by Crippen LogP contribution is -2.10. The van der Waals surface area contributed by atoms with E-state index in [4.69, 9.17) is 4.74 Å². The smallest absolute Gasteiger partial charge is 0.0721 e. The van der Waals surface area contributed by atoms with Crippen LogP contribution in [0.3, 0.4) is 0 Å². The minimum absolute atomic E-state index is 0.552. The highest BCUT2D eigenvalue weighted by Crippen LogP contribution is 2.37. The van der Waals surface area contributed by atoms with Crippen molar-refractivity contribution < 1.29 is 4.74 Å². The van der Waals surface area contributed by atoms with Crippen LogP contribution >= 0.6 is 0 Å². The van der Waals surface area contributed by atoms with Crippen molar-refractivity contribution in [2.24, 2.45) is 0 Å². The molecule has 0 aliphatic heterocycles. The summed E-state index contributed by atoms with van der Waals surface area (Å²) < 4.78 is 6.03. The summed E-state index contributed by atoms with van der Waals surface area (Å²) in [5.74, 6) is 0. The maximum atomic E-state index is 6.03. The normalized spacial score (nSPS) is 10.8. The van der Waals surface area contributed by atoms with Gasteiger partial charge in [-0.15, -0.1) is 0 Å². The summed E-state index contributed by atoms with van der Waals surface area (Å²) in [5, 5.41) is 0. The Bertz CT molecular complexity index is 2020. The zero-order valence-electron chi connectivity index (χ0n) is 27.4. The highest BCUT2D eigenvalue weighted by molar-refractivity contribution is 5.80. The second-order valence-corrected chi connectivity index (χ2v) is 11.9. The van der Waals surface area contributed by atoms with Gasteiger partial charge in [0.05, 0.1) is 13.2 Å². The van der Waals surface area contributed by atoms with Crippen molar-refractivity contribution in [3.63, 3.8) is 0 Å². The zero-order valence-corrected chi connectivity index (χ0v) is 27.4. The van der Waals surface area contributed by atoms with Crippen molar-refractivity contribution in [2.75, 3.05) is 9.80 Å². The number of anilines is 6. The van der Waals surface area contributed by atoms with Gasteiger partial charge in [-0.2, -0.15) is 0 Å². The van der Waals surface area contributed by atoms with Crippen LogP contribution in [0.1, 0.15) is 16.7 Å². The first-order chi connectivity index (χ1) is 24.2. The molecule has 0 radical (unpaired) electrons. The molecule has 238 valence electrons. The van der Waals surface area contributed by atoms with Crippen LogP contribution in [0, 0.1) is 0 Å². The molecule has 0 fully saturated rings. The fourth-order valence-corrected chi connectivity index (χ4v) is 6.01. The standard InChI is InChI=1S/C46H38N2O/c1-2-36-18-20-37(21-19-36)34-49-35-38-22-28-44(29-23-38)48(43-16-10-5-11-17-43)46-32-26-40(27-33-46)39-24-30-45(31-25-39)47(41-12-6-3-7-13-41)42-14-8-4-9-15-42/h2-33H,1,34-35H2. The van der Waals surface area contributed by atoms with Crippen LogP contribution in [0.5, 0.6) is 0 Å². The molecule has 0 amide bonds. The largest absolute Gasteiger partial charge is 0.372 e. The molecule has 7 rings (SSSR count). The van der Waals surface area contributed by atoms with E-state index in [0.717, 1.165) is 50.8 Å². The van der Waals surface area contributed by atoms with E-state index in [9.17, 15) is 0 Å². The average molecular weight is 635 g/mol. The number of rotatable bonds is 12. The van der Waals surface area contributed by atoms with Gasteiger partial charge in [-0.1, -0.05) is 128 Å². The number of nitrogens with zero attached hydrogens (tertiary/aromatic N) is 2. The molecule has 0 spiro atoms. The van der Waals surface area contributed by atoms with Crippen LogP contribution in [0.2, 0.25) is 0 Å². The Hall–Kier alpha value is -6.16. The summed E-state index contributed by atoms with van der Waals surface area (Å²) in [6.07, 6.45) is 1.85. The predicted molar refractivity (Wildman–Crippen MR) is 206 cm³/mol. The highest BCUT2D eigenvalue weighted by atomic mass is 16.5. The molecule has 7 aromatic carbocycles. The van der Waals surface area contributed by atoms with E-state index in [2.05, 4.69) is 204 Å². The SMILES string of the molecule is C=Cc1ccc(COCc2ccc(N(c3ccccc3)c3ccc(-c4ccc(N(c5ccccc5)c5ccccc5)cc4)cc3)cc2)cc1. The predicted octanol–water partition coefficient (Wildman–Crippen LogP) is 12.7. The summed E-state index contributed by atoms with van der Waals surface area (Å²) in [6, 6.07) is 66.0. The topological polar surface area (TPSA) is 15.7 Å². The van der Waals surface area contributed by atoms with Crippen LogP contribution in [0.15, 0.2) is 195 Å². The van der Waals surface area contributed by atoms with E-state index < -0.39 is 0 Å². The van der Waals surface area contributed by atoms with Crippen LogP contribution in [0.4, 0.5) is 34.1 Å². The molecule has 0 N–H and O–H groups in total. The molecule has 0 aromatic heterocycles. The summed E-state index contributed by atoms with van der Waals surface area (Å²) in [6.45, 7) is 4.95. The van der Waals surface area contributed by atoms with Gasteiger partial charge < -0.3 is 14.5 Å². The van der Waals surface area contributed by atoms with E-state index in [1.165, 1.54) is 11.1 Å². The lowest BCUT2D eigenvalue weighted by molar-refractivity contribution is 0.107. The molecule has 3 heteroatoms. The van der Waals surface area contributed by atoms with Gasteiger partial charge in [0.25, 0.3) is 0 Å². The summed E-state index contributed by atoms with van der Waals surface area (Å²) in [4.78, 5) is 4.57. The molecule has 49 heavy (non-hydrogen) atoms.